The summed E-state index contributed by atoms with van der Waals surface area (Å²) in [7, 11) is 0. The molecule has 0 bridgehead atoms. The van der Waals surface area contributed by atoms with Crippen molar-refractivity contribution >= 4 is 29.3 Å². The van der Waals surface area contributed by atoms with Crippen molar-refractivity contribution in [1.82, 2.24) is 4.98 Å². The van der Waals surface area contributed by atoms with Gasteiger partial charge in [-0.25, -0.2) is 4.98 Å². The Labute approximate surface area is 180 Å². The number of benzene rings is 2. The summed E-state index contributed by atoms with van der Waals surface area (Å²) < 4.78 is 10.8. The number of carbonyl (C=O) groups is 2. The summed E-state index contributed by atoms with van der Waals surface area (Å²) in [6.07, 6.45) is 5.17. The van der Waals surface area contributed by atoms with Gasteiger partial charge in [-0.1, -0.05) is 30.3 Å². The summed E-state index contributed by atoms with van der Waals surface area (Å²) in [5.41, 5.74) is 2.75. The number of ether oxygens (including phenoxy) is 1. The van der Waals surface area contributed by atoms with Crippen LogP contribution in [0.2, 0.25) is 0 Å². The smallest absolute Gasteiger partial charge is 0.302 e. The number of para-hydroxylation sites is 1. The van der Waals surface area contributed by atoms with Crippen molar-refractivity contribution in [3.63, 3.8) is 0 Å². The molecule has 2 aromatic carbocycles. The van der Waals surface area contributed by atoms with E-state index in [2.05, 4.69) is 15.6 Å². The molecule has 4 rings (SSSR count). The molecule has 0 spiro atoms. The van der Waals surface area contributed by atoms with Crippen LogP contribution in [0.25, 0.3) is 0 Å². The molecule has 3 aromatic rings. The van der Waals surface area contributed by atoms with Crippen LogP contribution in [0.3, 0.4) is 0 Å². The minimum absolute atomic E-state index is 0.0375. The Morgan fingerprint density at radius 1 is 0.968 bits per heavy atom. The van der Waals surface area contributed by atoms with Crippen molar-refractivity contribution in [1.29, 1.82) is 0 Å². The highest BCUT2D eigenvalue weighted by atomic mass is 16.5. The number of hydrogen-bond acceptors (Lipinski definition) is 6. The highest BCUT2D eigenvalue weighted by Gasteiger charge is 2.24. The number of esters is 1. The van der Waals surface area contributed by atoms with E-state index in [1.807, 2.05) is 54.6 Å². The first-order valence-corrected chi connectivity index (χ1v) is 10.4. The number of anilines is 3. The highest BCUT2D eigenvalue weighted by Crippen LogP contribution is 2.34. The van der Waals surface area contributed by atoms with Gasteiger partial charge < -0.3 is 19.8 Å². The Bertz CT molecular complexity index is 1020. The molecule has 7 heteroatoms. The second-order valence-corrected chi connectivity index (χ2v) is 7.68. The van der Waals surface area contributed by atoms with Crippen molar-refractivity contribution in [2.75, 3.05) is 10.6 Å². The molecular formula is C24H25N3O4. The van der Waals surface area contributed by atoms with E-state index in [1.165, 1.54) is 18.7 Å². The topological polar surface area (TPSA) is 93.5 Å². The minimum Gasteiger partial charge on any atom is -0.463 e. The zero-order valence-corrected chi connectivity index (χ0v) is 17.3. The van der Waals surface area contributed by atoms with Crippen molar-refractivity contribution in [3.05, 3.63) is 72.1 Å². The minimum atomic E-state index is -0.358. The first kappa shape index (κ1) is 20.7. The first-order valence-electron chi connectivity index (χ1n) is 10.4. The van der Waals surface area contributed by atoms with Crippen LogP contribution in [0.5, 0.6) is 0 Å². The molecule has 0 radical (unpaired) electrons. The SMILES string of the molecule is CC(=O)OC1CCC(c2ccc(NC(=O)c3cnc(Nc4ccccc4)o3)cc2)CC1. The van der Waals surface area contributed by atoms with Crippen molar-refractivity contribution in [2.45, 2.75) is 44.6 Å². The lowest BCUT2D eigenvalue weighted by Crippen LogP contribution is -2.22. The Hall–Kier alpha value is -3.61. The van der Waals surface area contributed by atoms with Crippen LogP contribution in [0, 0.1) is 0 Å². The summed E-state index contributed by atoms with van der Waals surface area (Å²) in [4.78, 5) is 27.7. The second kappa shape index (κ2) is 9.47. The van der Waals surface area contributed by atoms with E-state index in [1.54, 1.807) is 0 Å². The number of hydrogen-bond donors (Lipinski definition) is 2. The van der Waals surface area contributed by atoms with Gasteiger partial charge in [0.25, 0.3) is 11.9 Å². The summed E-state index contributed by atoms with van der Waals surface area (Å²) in [6.45, 7) is 1.46. The third kappa shape index (κ3) is 5.51. The number of aromatic nitrogens is 1. The Kier molecular flexibility index (Phi) is 6.31. The maximum Gasteiger partial charge on any atom is 0.302 e. The number of carbonyl (C=O) groups excluding carboxylic acids is 2. The molecule has 7 nitrogen and oxygen atoms in total. The van der Waals surface area contributed by atoms with E-state index >= 15 is 0 Å². The molecule has 0 aliphatic heterocycles. The van der Waals surface area contributed by atoms with E-state index < -0.39 is 0 Å². The Morgan fingerprint density at radius 3 is 2.35 bits per heavy atom. The number of nitrogens with zero attached hydrogens (tertiary/aromatic N) is 1. The fraction of sp³-hybridized carbons (Fsp3) is 0.292. The monoisotopic (exact) mass is 419 g/mol. The molecule has 0 saturated heterocycles. The van der Waals surface area contributed by atoms with Gasteiger partial charge in [0.15, 0.2) is 0 Å². The second-order valence-electron chi connectivity index (χ2n) is 7.68. The summed E-state index contributed by atoms with van der Waals surface area (Å²) in [6, 6.07) is 17.6. The third-order valence-corrected chi connectivity index (χ3v) is 5.40. The van der Waals surface area contributed by atoms with Crippen LogP contribution < -0.4 is 10.6 Å². The molecule has 160 valence electrons. The molecule has 1 amide bonds. The molecule has 1 heterocycles. The molecule has 1 aliphatic carbocycles. The Morgan fingerprint density at radius 2 is 1.68 bits per heavy atom. The van der Waals surface area contributed by atoms with Crippen molar-refractivity contribution in [3.8, 4) is 0 Å². The fourth-order valence-corrected chi connectivity index (χ4v) is 3.86. The fourth-order valence-electron chi connectivity index (χ4n) is 3.86. The molecule has 1 fully saturated rings. The lowest BCUT2D eigenvalue weighted by Gasteiger charge is -2.28. The lowest BCUT2D eigenvalue weighted by molar-refractivity contribution is -0.147. The van der Waals surface area contributed by atoms with Crippen LogP contribution in [-0.4, -0.2) is 23.0 Å². The average Bonchev–Trinajstić information content (AvgIpc) is 3.24. The lowest BCUT2D eigenvalue weighted by atomic mass is 9.82. The summed E-state index contributed by atoms with van der Waals surface area (Å²) in [5, 5.41) is 5.85. The zero-order valence-electron chi connectivity index (χ0n) is 17.3. The van der Waals surface area contributed by atoms with E-state index in [4.69, 9.17) is 9.15 Å². The molecular weight excluding hydrogens is 394 g/mol. The quantitative estimate of drug-likeness (QED) is 0.530. The van der Waals surface area contributed by atoms with Gasteiger partial charge in [-0.15, -0.1) is 0 Å². The van der Waals surface area contributed by atoms with E-state index in [0.29, 0.717) is 11.6 Å². The largest absolute Gasteiger partial charge is 0.463 e. The van der Waals surface area contributed by atoms with Gasteiger partial charge in [0.1, 0.15) is 6.10 Å². The van der Waals surface area contributed by atoms with Gasteiger partial charge in [0.2, 0.25) is 5.76 Å². The number of rotatable bonds is 6. The maximum absolute atomic E-state index is 12.5. The van der Waals surface area contributed by atoms with E-state index in [-0.39, 0.29) is 29.8 Å². The molecule has 2 N–H and O–H groups in total. The first-order chi connectivity index (χ1) is 15.1. The standard InChI is InChI=1S/C24H25N3O4/c1-16(28)30-21-13-9-18(10-14-21)17-7-11-20(12-8-17)26-23(29)22-15-25-24(31-22)27-19-5-3-2-4-6-19/h2-8,11-12,15,18,21H,9-10,13-14H2,1H3,(H,25,27)(H,26,29). The predicted molar refractivity (Wildman–Crippen MR) is 117 cm³/mol. The number of oxazole rings is 1. The summed E-state index contributed by atoms with van der Waals surface area (Å²) >= 11 is 0. The highest BCUT2D eigenvalue weighted by molar-refractivity contribution is 6.02. The van der Waals surface area contributed by atoms with Gasteiger partial charge >= 0.3 is 5.97 Å². The van der Waals surface area contributed by atoms with Gasteiger partial charge in [-0.2, -0.15) is 0 Å². The maximum atomic E-state index is 12.5. The molecule has 31 heavy (non-hydrogen) atoms. The van der Waals surface area contributed by atoms with Crippen molar-refractivity contribution < 1.29 is 18.7 Å². The van der Waals surface area contributed by atoms with Crippen LogP contribution in [0.1, 0.15) is 54.6 Å². The zero-order chi connectivity index (χ0) is 21.6. The molecule has 1 aromatic heterocycles. The Balaban J connectivity index is 1.31. The van der Waals surface area contributed by atoms with Gasteiger partial charge in [-0.3, -0.25) is 9.59 Å². The molecule has 0 atom stereocenters. The van der Waals surface area contributed by atoms with Gasteiger partial charge in [0.05, 0.1) is 6.20 Å². The predicted octanol–water partition coefficient (Wildman–Crippen LogP) is 5.26. The normalized spacial score (nSPS) is 18.2. The average molecular weight is 419 g/mol. The van der Waals surface area contributed by atoms with Crippen LogP contribution in [0.15, 0.2) is 65.2 Å². The molecule has 0 unspecified atom stereocenters. The summed E-state index contributed by atoms with van der Waals surface area (Å²) in [5.74, 6) is 0.00488. The molecule has 1 saturated carbocycles. The van der Waals surface area contributed by atoms with E-state index in [0.717, 1.165) is 31.4 Å². The van der Waals surface area contributed by atoms with Crippen LogP contribution >= 0.6 is 0 Å². The number of nitrogens with one attached hydrogen (secondary N) is 2. The van der Waals surface area contributed by atoms with Gasteiger partial charge in [0, 0.05) is 18.3 Å². The number of amides is 1. The van der Waals surface area contributed by atoms with Gasteiger partial charge in [-0.05, 0) is 61.4 Å². The third-order valence-electron chi connectivity index (χ3n) is 5.40. The molecule has 1 aliphatic rings. The van der Waals surface area contributed by atoms with Crippen LogP contribution in [0.4, 0.5) is 17.4 Å². The van der Waals surface area contributed by atoms with E-state index in [9.17, 15) is 9.59 Å². The van der Waals surface area contributed by atoms with Crippen LogP contribution in [-0.2, 0) is 9.53 Å². The van der Waals surface area contributed by atoms with Crippen molar-refractivity contribution in [2.24, 2.45) is 0 Å².